The molecule has 1 N–H and O–H groups in total. The summed E-state index contributed by atoms with van der Waals surface area (Å²) in [4.78, 5) is 2.30. The molecule has 6 heteroatoms. The highest BCUT2D eigenvalue weighted by Crippen LogP contribution is 2.07. The monoisotopic (exact) mass is 278 g/mol. The van der Waals surface area contributed by atoms with Gasteiger partial charge in [0.25, 0.3) is 0 Å². The van der Waals surface area contributed by atoms with E-state index in [0.717, 1.165) is 26.2 Å². The molecule has 0 aromatic carbocycles. The smallest absolute Gasteiger partial charge is 0.147 e. The van der Waals surface area contributed by atoms with E-state index in [0.29, 0.717) is 19.1 Å². The van der Waals surface area contributed by atoms with Gasteiger partial charge in [-0.25, -0.2) is 8.42 Å². The summed E-state index contributed by atoms with van der Waals surface area (Å²) in [5.41, 5.74) is 0. The summed E-state index contributed by atoms with van der Waals surface area (Å²) < 4.78 is 27.3. The molecule has 1 heterocycles. The van der Waals surface area contributed by atoms with Crippen molar-refractivity contribution in [2.24, 2.45) is 0 Å². The largest absolute Gasteiger partial charge is 0.383 e. The first kappa shape index (κ1) is 15.9. The van der Waals surface area contributed by atoms with E-state index < -0.39 is 9.84 Å². The summed E-state index contributed by atoms with van der Waals surface area (Å²) in [6.45, 7) is 4.50. The lowest BCUT2D eigenvalue weighted by Gasteiger charge is -2.25. The third-order valence-corrected chi connectivity index (χ3v) is 4.27. The van der Waals surface area contributed by atoms with Gasteiger partial charge in [0.05, 0.1) is 12.4 Å². The molecule has 108 valence electrons. The van der Waals surface area contributed by atoms with Crippen LogP contribution in [0.25, 0.3) is 0 Å². The van der Waals surface area contributed by atoms with Gasteiger partial charge in [-0.05, 0) is 32.4 Å². The summed E-state index contributed by atoms with van der Waals surface area (Å²) in [5.74, 6) is 0.272. The van der Waals surface area contributed by atoms with Crippen LogP contribution in [0.4, 0.5) is 0 Å². The molecule has 0 amide bonds. The predicted octanol–water partition coefficient (Wildman–Crippen LogP) is 0.122. The van der Waals surface area contributed by atoms with E-state index in [1.807, 2.05) is 0 Å². The minimum Gasteiger partial charge on any atom is -0.383 e. The maximum atomic E-state index is 11.1. The highest BCUT2D eigenvalue weighted by atomic mass is 32.2. The molecule has 1 rings (SSSR count). The van der Waals surface area contributed by atoms with Crippen LogP contribution in [0.1, 0.15) is 19.3 Å². The molecule has 1 fully saturated rings. The maximum absolute atomic E-state index is 11.1. The zero-order valence-corrected chi connectivity index (χ0v) is 12.3. The molecule has 0 aromatic heterocycles. The van der Waals surface area contributed by atoms with Crippen molar-refractivity contribution in [1.82, 2.24) is 10.2 Å². The van der Waals surface area contributed by atoms with Crippen molar-refractivity contribution in [1.29, 1.82) is 0 Å². The molecule has 1 saturated heterocycles. The molecular weight excluding hydrogens is 252 g/mol. The molecule has 0 saturated carbocycles. The van der Waals surface area contributed by atoms with Crippen molar-refractivity contribution < 1.29 is 13.2 Å². The highest BCUT2D eigenvalue weighted by molar-refractivity contribution is 7.90. The quantitative estimate of drug-likeness (QED) is 0.649. The molecule has 0 radical (unpaired) electrons. The fraction of sp³-hybridized carbons (Fsp3) is 1.00. The van der Waals surface area contributed by atoms with Crippen LogP contribution in [0.3, 0.4) is 0 Å². The van der Waals surface area contributed by atoms with Crippen molar-refractivity contribution in [2.75, 3.05) is 51.9 Å². The number of sulfone groups is 1. The average molecular weight is 278 g/mol. The summed E-state index contributed by atoms with van der Waals surface area (Å²) in [6.07, 6.45) is 4.46. The van der Waals surface area contributed by atoms with Crippen LogP contribution in [0.2, 0.25) is 0 Å². The maximum Gasteiger partial charge on any atom is 0.147 e. The Labute approximate surface area is 111 Å². The summed E-state index contributed by atoms with van der Waals surface area (Å²) in [7, 11) is -1.14. The van der Waals surface area contributed by atoms with Crippen LogP contribution in [0.5, 0.6) is 0 Å². The second-order valence-electron chi connectivity index (χ2n) is 5.07. The van der Waals surface area contributed by atoms with Crippen LogP contribution in [0, 0.1) is 0 Å². The number of nitrogens with one attached hydrogen (secondary N) is 1. The lowest BCUT2D eigenvalue weighted by molar-refractivity contribution is 0.142. The van der Waals surface area contributed by atoms with Crippen LogP contribution in [0.15, 0.2) is 0 Å². The van der Waals surface area contributed by atoms with Crippen molar-refractivity contribution >= 4 is 9.84 Å². The zero-order valence-electron chi connectivity index (χ0n) is 11.5. The number of hydrogen-bond acceptors (Lipinski definition) is 5. The zero-order chi connectivity index (χ0) is 13.4. The van der Waals surface area contributed by atoms with Gasteiger partial charge >= 0.3 is 0 Å². The van der Waals surface area contributed by atoms with Crippen LogP contribution < -0.4 is 5.32 Å². The molecule has 1 aliphatic heterocycles. The van der Waals surface area contributed by atoms with E-state index in [4.69, 9.17) is 4.74 Å². The summed E-state index contributed by atoms with van der Waals surface area (Å²) in [5, 5.41) is 3.47. The lowest BCUT2D eigenvalue weighted by atomic mass is 10.2. The molecule has 1 aliphatic rings. The van der Waals surface area contributed by atoms with Crippen LogP contribution in [-0.4, -0.2) is 71.3 Å². The van der Waals surface area contributed by atoms with E-state index in [2.05, 4.69) is 10.2 Å². The van der Waals surface area contributed by atoms with E-state index in [9.17, 15) is 8.42 Å². The van der Waals surface area contributed by atoms with Crippen LogP contribution in [-0.2, 0) is 14.6 Å². The van der Waals surface area contributed by atoms with Gasteiger partial charge in [-0.3, -0.25) is 4.90 Å². The Balaban J connectivity index is 2.29. The Morgan fingerprint density at radius 3 is 2.72 bits per heavy atom. The first-order valence-electron chi connectivity index (χ1n) is 6.63. The van der Waals surface area contributed by atoms with E-state index in [-0.39, 0.29) is 5.75 Å². The third-order valence-electron chi connectivity index (χ3n) is 3.24. The van der Waals surface area contributed by atoms with Gasteiger partial charge in [0.15, 0.2) is 0 Å². The predicted molar refractivity (Wildman–Crippen MR) is 73.7 cm³/mol. The Hall–Kier alpha value is -0.170. The van der Waals surface area contributed by atoms with Gasteiger partial charge in [0.2, 0.25) is 0 Å². The Bertz CT molecular complexity index is 313. The molecule has 18 heavy (non-hydrogen) atoms. The fourth-order valence-corrected chi connectivity index (χ4v) is 2.94. The van der Waals surface area contributed by atoms with Gasteiger partial charge in [-0.15, -0.1) is 0 Å². The van der Waals surface area contributed by atoms with E-state index >= 15 is 0 Å². The molecule has 0 aromatic rings. The van der Waals surface area contributed by atoms with Gasteiger partial charge in [-0.1, -0.05) is 0 Å². The average Bonchev–Trinajstić information content (AvgIpc) is 2.76. The second-order valence-corrected chi connectivity index (χ2v) is 7.33. The van der Waals surface area contributed by atoms with Gasteiger partial charge in [0, 0.05) is 32.5 Å². The first-order chi connectivity index (χ1) is 8.51. The molecule has 1 unspecified atom stereocenters. The Morgan fingerprint density at radius 2 is 2.17 bits per heavy atom. The summed E-state index contributed by atoms with van der Waals surface area (Å²) in [6, 6.07) is 0.556. The van der Waals surface area contributed by atoms with Crippen molar-refractivity contribution in [2.45, 2.75) is 25.3 Å². The normalized spacial score (nSPS) is 20.7. The number of hydrogen-bond donors (Lipinski definition) is 1. The van der Waals surface area contributed by atoms with E-state index in [1.54, 1.807) is 7.11 Å². The SMILES string of the molecule is COCCN(CCCS(C)(=O)=O)CC1CCCN1. The fourth-order valence-electron chi connectivity index (χ4n) is 2.29. The summed E-state index contributed by atoms with van der Waals surface area (Å²) >= 11 is 0. The molecule has 1 atom stereocenters. The van der Waals surface area contributed by atoms with E-state index in [1.165, 1.54) is 19.1 Å². The van der Waals surface area contributed by atoms with Gasteiger partial charge in [-0.2, -0.15) is 0 Å². The van der Waals surface area contributed by atoms with Gasteiger partial charge in [0.1, 0.15) is 9.84 Å². The molecule has 0 aliphatic carbocycles. The first-order valence-corrected chi connectivity index (χ1v) is 8.70. The van der Waals surface area contributed by atoms with Gasteiger partial charge < -0.3 is 10.1 Å². The second kappa shape index (κ2) is 8.09. The highest BCUT2D eigenvalue weighted by Gasteiger charge is 2.17. The Morgan fingerprint density at radius 1 is 1.39 bits per heavy atom. The Kier molecular flexibility index (Phi) is 7.14. The molecule has 5 nitrogen and oxygen atoms in total. The molecule has 0 spiro atoms. The van der Waals surface area contributed by atoms with Crippen molar-refractivity contribution in [3.05, 3.63) is 0 Å². The standard InChI is InChI=1S/C12H26N2O3S/c1-17-9-8-14(7-4-10-18(2,15)16)11-12-5-3-6-13-12/h12-13H,3-11H2,1-2H3. The van der Waals surface area contributed by atoms with Crippen molar-refractivity contribution in [3.8, 4) is 0 Å². The topological polar surface area (TPSA) is 58.6 Å². The number of nitrogens with zero attached hydrogens (tertiary/aromatic N) is 1. The minimum atomic E-state index is -2.84. The molecule has 0 bridgehead atoms. The van der Waals surface area contributed by atoms with Crippen molar-refractivity contribution in [3.63, 3.8) is 0 Å². The third kappa shape index (κ3) is 7.31. The molecular formula is C12H26N2O3S. The number of ether oxygens (including phenoxy) is 1. The lowest BCUT2D eigenvalue weighted by Crippen LogP contribution is -2.40. The number of rotatable bonds is 9. The number of methoxy groups -OCH3 is 1. The minimum absolute atomic E-state index is 0.272. The van der Waals surface area contributed by atoms with Crippen LogP contribution >= 0.6 is 0 Å².